The predicted octanol–water partition coefficient (Wildman–Crippen LogP) is 3.61. The van der Waals surface area contributed by atoms with Crippen LogP contribution in [0.4, 0.5) is 5.69 Å². The van der Waals surface area contributed by atoms with E-state index in [2.05, 4.69) is 23.5 Å². The molecule has 0 saturated carbocycles. The molecule has 30 heavy (non-hydrogen) atoms. The first-order valence-electron chi connectivity index (χ1n) is 10.3. The molecule has 1 amide bonds. The lowest BCUT2D eigenvalue weighted by molar-refractivity contribution is -0.127. The summed E-state index contributed by atoms with van der Waals surface area (Å²) < 4.78 is 30.2. The first-order chi connectivity index (χ1) is 14.1. The van der Waals surface area contributed by atoms with E-state index in [0.717, 1.165) is 24.7 Å². The van der Waals surface area contributed by atoms with Crippen molar-refractivity contribution in [1.29, 1.82) is 0 Å². The van der Waals surface area contributed by atoms with E-state index in [-0.39, 0.29) is 11.9 Å². The maximum Gasteiger partial charge on any atom is 0.261 e. The topological polar surface area (TPSA) is 75.7 Å². The maximum absolute atomic E-state index is 12.6. The second-order valence-electron chi connectivity index (χ2n) is 7.95. The molecule has 7 heteroatoms. The molecule has 0 radical (unpaired) electrons. The molecule has 2 aromatic carbocycles. The van der Waals surface area contributed by atoms with Crippen LogP contribution < -0.4 is 14.4 Å². The van der Waals surface area contributed by atoms with Crippen LogP contribution in [0.25, 0.3) is 0 Å². The van der Waals surface area contributed by atoms with Crippen molar-refractivity contribution < 1.29 is 17.9 Å². The molecule has 6 nitrogen and oxygen atoms in total. The molecule has 0 aliphatic heterocycles. The summed E-state index contributed by atoms with van der Waals surface area (Å²) in [7, 11) is -1.83. The van der Waals surface area contributed by atoms with E-state index in [4.69, 9.17) is 4.74 Å². The Labute approximate surface area is 179 Å². The number of ether oxygens (including phenoxy) is 1. The van der Waals surface area contributed by atoms with Crippen LogP contribution in [0.15, 0.2) is 42.5 Å². The molecular weight excluding hydrogens is 400 g/mol. The fourth-order valence-corrected chi connectivity index (χ4v) is 4.13. The van der Waals surface area contributed by atoms with E-state index in [1.54, 1.807) is 31.2 Å². The molecule has 1 N–H and O–H groups in total. The third-order valence-electron chi connectivity index (χ3n) is 5.61. The Morgan fingerprint density at radius 2 is 1.67 bits per heavy atom. The van der Waals surface area contributed by atoms with Crippen molar-refractivity contribution in [2.24, 2.45) is 0 Å². The second kappa shape index (κ2) is 9.08. The summed E-state index contributed by atoms with van der Waals surface area (Å²) in [5.74, 6) is 0.308. The largest absolute Gasteiger partial charge is 0.481 e. The van der Waals surface area contributed by atoms with Crippen LogP contribution in [-0.4, -0.2) is 33.7 Å². The molecule has 1 aliphatic rings. The Hall–Kier alpha value is -2.54. The number of carbonyl (C=O) groups excluding carboxylic acids is 1. The van der Waals surface area contributed by atoms with E-state index in [1.807, 2.05) is 6.92 Å². The molecule has 0 saturated heterocycles. The number of fused-ring (bicyclic) bond motifs is 1. The SMILES string of the molecule is CC(Oc1ccc(N(C)S(C)(=O)=O)cc1)C(=O)NC(C)c1ccc2c(c1)CCCC2. The van der Waals surface area contributed by atoms with Gasteiger partial charge in [-0.05, 0) is 80.5 Å². The first-order valence-corrected chi connectivity index (χ1v) is 12.1. The molecule has 2 unspecified atom stereocenters. The molecule has 2 atom stereocenters. The molecule has 3 rings (SSSR count). The van der Waals surface area contributed by atoms with Gasteiger partial charge < -0.3 is 10.1 Å². The van der Waals surface area contributed by atoms with E-state index in [0.29, 0.717) is 11.4 Å². The van der Waals surface area contributed by atoms with Gasteiger partial charge in [-0.1, -0.05) is 18.2 Å². The van der Waals surface area contributed by atoms with Crippen LogP contribution in [0.5, 0.6) is 5.75 Å². The highest BCUT2D eigenvalue weighted by molar-refractivity contribution is 7.92. The number of benzene rings is 2. The van der Waals surface area contributed by atoms with Crippen molar-refractivity contribution in [3.8, 4) is 5.75 Å². The van der Waals surface area contributed by atoms with Crippen LogP contribution in [-0.2, 0) is 27.7 Å². The molecule has 0 fully saturated rings. The molecule has 1 aliphatic carbocycles. The Kier molecular flexibility index (Phi) is 6.71. The molecule has 2 aromatic rings. The zero-order valence-corrected chi connectivity index (χ0v) is 18.8. The smallest absolute Gasteiger partial charge is 0.261 e. The molecule has 0 heterocycles. The summed E-state index contributed by atoms with van der Waals surface area (Å²) in [6.07, 6.45) is 5.19. The predicted molar refractivity (Wildman–Crippen MR) is 119 cm³/mol. The summed E-state index contributed by atoms with van der Waals surface area (Å²) in [6, 6.07) is 13.0. The number of nitrogens with zero attached hydrogens (tertiary/aromatic N) is 1. The van der Waals surface area contributed by atoms with Gasteiger partial charge in [0.2, 0.25) is 10.0 Å². The summed E-state index contributed by atoms with van der Waals surface area (Å²) >= 11 is 0. The van der Waals surface area contributed by atoms with Gasteiger partial charge in [0.25, 0.3) is 5.91 Å². The van der Waals surface area contributed by atoms with Gasteiger partial charge in [0, 0.05) is 7.05 Å². The monoisotopic (exact) mass is 430 g/mol. The van der Waals surface area contributed by atoms with E-state index >= 15 is 0 Å². The van der Waals surface area contributed by atoms with Crippen LogP contribution in [0, 0.1) is 0 Å². The minimum Gasteiger partial charge on any atom is -0.481 e. The Bertz CT molecular complexity index is 1000. The second-order valence-corrected chi connectivity index (χ2v) is 9.96. The summed E-state index contributed by atoms with van der Waals surface area (Å²) in [5, 5.41) is 3.02. The highest BCUT2D eigenvalue weighted by Crippen LogP contribution is 2.25. The van der Waals surface area contributed by atoms with Crippen molar-refractivity contribution >= 4 is 21.6 Å². The molecule has 0 aromatic heterocycles. The normalized spacial score (nSPS) is 15.6. The highest BCUT2D eigenvalue weighted by atomic mass is 32.2. The number of amides is 1. The van der Waals surface area contributed by atoms with Gasteiger partial charge in [-0.25, -0.2) is 8.42 Å². The van der Waals surface area contributed by atoms with Gasteiger partial charge in [0.1, 0.15) is 5.75 Å². The molecule has 0 spiro atoms. The Morgan fingerprint density at radius 3 is 2.30 bits per heavy atom. The standard InChI is InChI=1S/C23H30N2O4S/c1-16(19-10-9-18-7-5-6-8-20(18)15-19)24-23(26)17(2)29-22-13-11-21(12-14-22)25(3)30(4,27)28/h9-17H,5-8H2,1-4H3,(H,24,26). The minimum atomic E-state index is -3.32. The fraction of sp³-hybridized carbons (Fsp3) is 0.435. The highest BCUT2D eigenvalue weighted by Gasteiger charge is 2.19. The van der Waals surface area contributed by atoms with Gasteiger partial charge in [-0.2, -0.15) is 0 Å². The fourth-order valence-electron chi connectivity index (χ4n) is 3.62. The lowest BCUT2D eigenvalue weighted by atomic mass is 9.89. The van der Waals surface area contributed by atoms with Crippen molar-refractivity contribution in [1.82, 2.24) is 5.32 Å². The number of carbonyl (C=O) groups is 1. The first kappa shape index (κ1) is 22.2. The van der Waals surface area contributed by atoms with Crippen LogP contribution in [0.3, 0.4) is 0 Å². The maximum atomic E-state index is 12.6. The Morgan fingerprint density at radius 1 is 1.03 bits per heavy atom. The third kappa shape index (κ3) is 5.33. The quantitative estimate of drug-likeness (QED) is 0.728. The number of aryl methyl sites for hydroxylation is 2. The van der Waals surface area contributed by atoms with Gasteiger partial charge >= 0.3 is 0 Å². The third-order valence-corrected chi connectivity index (χ3v) is 6.82. The molecule has 162 valence electrons. The van der Waals surface area contributed by atoms with E-state index < -0.39 is 16.1 Å². The number of hydrogen-bond donors (Lipinski definition) is 1. The van der Waals surface area contributed by atoms with Crippen LogP contribution >= 0.6 is 0 Å². The van der Waals surface area contributed by atoms with Gasteiger partial charge in [-0.3, -0.25) is 9.10 Å². The number of nitrogens with one attached hydrogen (secondary N) is 1. The zero-order chi connectivity index (χ0) is 21.9. The number of rotatable bonds is 7. The van der Waals surface area contributed by atoms with Crippen LogP contribution in [0.2, 0.25) is 0 Å². The van der Waals surface area contributed by atoms with Gasteiger partial charge in [-0.15, -0.1) is 0 Å². The molecular formula is C23H30N2O4S. The van der Waals surface area contributed by atoms with Crippen LogP contribution in [0.1, 0.15) is 49.4 Å². The van der Waals surface area contributed by atoms with Crippen molar-refractivity contribution in [2.75, 3.05) is 17.6 Å². The number of hydrogen-bond acceptors (Lipinski definition) is 4. The summed E-state index contributed by atoms with van der Waals surface area (Å²) in [6.45, 7) is 3.68. The summed E-state index contributed by atoms with van der Waals surface area (Å²) in [5.41, 5.74) is 4.45. The zero-order valence-electron chi connectivity index (χ0n) is 18.0. The average molecular weight is 431 g/mol. The van der Waals surface area contributed by atoms with E-state index in [9.17, 15) is 13.2 Å². The van der Waals surface area contributed by atoms with E-state index in [1.165, 1.54) is 35.3 Å². The lowest BCUT2D eigenvalue weighted by Crippen LogP contribution is -2.37. The summed E-state index contributed by atoms with van der Waals surface area (Å²) in [4.78, 5) is 12.6. The van der Waals surface area contributed by atoms with Crippen molar-refractivity contribution in [3.05, 3.63) is 59.2 Å². The van der Waals surface area contributed by atoms with Gasteiger partial charge in [0.15, 0.2) is 6.10 Å². The lowest BCUT2D eigenvalue weighted by Gasteiger charge is -2.22. The number of sulfonamides is 1. The Balaban J connectivity index is 1.59. The number of anilines is 1. The van der Waals surface area contributed by atoms with Crippen molar-refractivity contribution in [3.63, 3.8) is 0 Å². The van der Waals surface area contributed by atoms with Crippen molar-refractivity contribution in [2.45, 2.75) is 51.7 Å². The average Bonchev–Trinajstić information content (AvgIpc) is 2.72. The van der Waals surface area contributed by atoms with Gasteiger partial charge in [0.05, 0.1) is 18.0 Å². The minimum absolute atomic E-state index is 0.110. The molecule has 0 bridgehead atoms.